The van der Waals surface area contributed by atoms with Crippen LogP contribution in [0.2, 0.25) is 0 Å². The van der Waals surface area contributed by atoms with Crippen LogP contribution in [0.1, 0.15) is 5.56 Å². The largest absolute Gasteiger partial charge is 0.447 e. The molecule has 138 valence electrons. The first-order valence-electron chi connectivity index (χ1n) is 7.99. The molecule has 7 nitrogen and oxygen atoms in total. The highest BCUT2D eigenvalue weighted by atomic mass is 16.6. The molecule has 1 N–H and O–H groups in total. The summed E-state index contributed by atoms with van der Waals surface area (Å²) < 4.78 is 25.7. The first-order valence-corrected chi connectivity index (χ1v) is 7.99. The van der Waals surface area contributed by atoms with Crippen LogP contribution in [0, 0.1) is 12.3 Å². The normalized spacial score (nSPS) is 10.2. The summed E-state index contributed by atoms with van der Waals surface area (Å²) in [6.45, 7) is 3.51. The van der Waals surface area contributed by atoms with Crippen molar-refractivity contribution >= 4 is 11.8 Å². The van der Waals surface area contributed by atoms with Crippen molar-refractivity contribution in [1.29, 1.82) is 0 Å². The molecule has 0 fully saturated rings. The molecule has 7 heteroatoms. The highest BCUT2D eigenvalue weighted by molar-refractivity contribution is 5.84. The van der Waals surface area contributed by atoms with Gasteiger partial charge in [0.2, 0.25) is 0 Å². The quantitative estimate of drug-likeness (QED) is 0.432. The van der Waals surface area contributed by atoms with Crippen LogP contribution in [0.4, 0.5) is 10.5 Å². The topological polar surface area (TPSA) is 75.3 Å². The van der Waals surface area contributed by atoms with Gasteiger partial charge in [-0.05, 0) is 24.3 Å². The second-order valence-corrected chi connectivity index (χ2v) is 4.81. The Morgan fingerprint density at radius 2 is 1.44 bits per heavy atom. The fourth-order valence-corrected chi connectivity index (χ4v) is 1.68. The van der Waals surface area contributed by atoms with Crippen molar-refractivity contribution in [2.45, 2.75) is 0 Å². The van der Waals surface area contributed by atoms with E-state index in [1.807, 2.05) is 0 Å². The van der Waals surface area contributed by atoms with Gasteiger partial charge in [-0.3, -0.25) is 5.32 Å². The second kappa shape index (κ2) is 14.3. The number of ether oxygens (including phenoxy) is 5. The van der Waals surface area contributed by atoms with Gasteiger partial charge in [-0.2, -0.15) is 0 Å². The van der Waals surface area contributed by atoms with E-state index < -0.39 is 6.09 Å². The van der Waals surface area contributed by atoms with E-state index in [2.05, 4.69) is 11.2 Å². The van der Waals surface area contributed by atoms with Crippen molar-refractivity contribution in [3.63, 3.8) is 0 Å². The highest BCUT2D eigenvalue weighted by Gasteiger charge is 2.02. The number of hydrogen-bond acceptors (Lipinski definition) is 6. The van der Waals surface area contributed by atoms with Gasteiger partial charge in [-0.1, -0.05) is 5.92 Å². The van der Waals surface area contributed by atoms with Crippen molar-refractivity contribution < 1.29 is 28.5 Å². The van der Waals surface area contributed by atoms with Gasteiger partial charge in [0.25, 0.3) is 0 Å². The molecule has 1 rings (SSSR count). The molecule has 0 heterocycles. The van der Waals surface area contributed by atoms with Gasteiger partial charge in [-0.25, -0.2) is 4.79 Å². The predicted molar refractivity (Wildman–Crippen MR) is 93.7 cm³/mol. The number of amides is 1. The SMILES string of the molecule is C#Cc1ccc(NC(=O)OCCOCCOCCOCCOC)cc1. The monoisotopic (exact) mass is 351 g/mol. The number of carbonyl (C=O) groups excluding carboxylic acids is 1. The summed E-state index contributed by atoms with van der Waals surface area (Å²) in [5.74, 6) is 2.50. The molecule has 1 aromatic rings. The molecule has 1 aromatic carbocycles. The summed E-state index contributed by atoms with van der Waals surface area (Å²) in [5.41, 5.74) is 1.36. The molecule has 0 aliphatic rings. The average molecular weight is 351 g/mol. The number of rotatable bonds is 13. The summed E-state index contributed by atoms with van der Waals surface area (Å²) in [5, 5.41) is 2.60. The lowest BCUT2D eigenvalue weighted by Crippen LogP contribution is -2.18. The molecule has 0 aliphatic heterocycles. The Hall–Kier alpha value is -2.11. The number of methoxy groups -OCH3 is 1. The fourth-order valence-electron chi connectivity index (χ4n) is 1.68. The minimum absolute atomic E-state index is 0.161. The lowest BCUT2D eigenvalue weighted by Gasteiger charge is -2.08. The zero-order valence-corrected chi connectivity index (χ0v) is 14.5. The summed E-state index contributed by atoms with van der Waals surface area (Å²) in [7, 11) is 1.63. The Morgan fingerprint density at radius 3 is 1.96 bits per heavy atom. The number of benzene rings is 1. The molecular formula is C18H25NO6. The fraction of sp³-hybridized carbons (Fsp3) is 0.500. The van der Waals surface area contributed by atoms with Crippen LogP contribution in [-0.4, -0.2) is 66.1 Å². The van der Waals surface area contributed by atoms with Gasteiger partial charge >= 0.3 is 6.09 Å². The molecule has 0 saturated carbocycles. The Bertz CT molecular complexity index is 511. The molecule has 1 amide bonds. The van der Waals surface area contributed by atoms with E-state index in [9.17, 15) is 4.79 Å². The zero-order chi connectivity index (χ0) is 18.2. The maximum Gasteiger partial charge on any atom is 0.411 e. The van der Waals surface area contributed by atoms with Crippen molar-refractivity contribution in [2.75, 3.05) is 65.3 Å². The maximum atomic E-state index is 11.6. The van der Waals surface area contributed by atoms with Crippen LogP contribution < -0.4 is 5.32 Å². The Morgan fingerprint density at radius 1 is 0.920 bits per heavy atom. The average Bonchev–Trinajstić information content (AvgIpc) is 2.63. The third kappa shape index (κ3) is 11.1. The molecule has 0 bridgehead atoms. The minimum atomic E-state index is -0.540. The van der Waals surface area contributed by atoms with Gasteiger partial charge < -0.3 is 23.7 Å². The van der Waals surface area contributed by atoms with Gasteiger partial charge in [0.1, 0.15) is 6.61 Å². The van der Waals surface area contributed by atoms with E-state index in [4.69, 9.17) is 30.1 Å². The van der Waals surface area contributed by atoms with E-state index in [0.717, 1.165) is 5.56 Å². The van der Waals surface area contributed by atoms with E-state index >= 15 is 0 Å². The van der Waals surface area contributed by atoms with E-state index in [0.29, 0.717) is 51.9 Å². The van der Waals surface area contributed by atoms with Gasteiger partial charge in [0.05, 0.1) is 46.2 Å². The lowest BCUT2D eigenvalue weighted by molar-refractivity contribution is -0.00176. The summed E-state index contributed by atoms with van der Waals surface area (Å²) in [4.78, 5) is 11.6. The number of carbonyl (C=O) groups is 1. The highest BCUT2D eigenvalue weighted by Crippen LogP contribution is 2.08. The summed E-state index contributed by atoms with van der Waals surface area (Å²) in [6, 6.07) is 6.90. The van der Waals surface area contributed by atoms with Crippen LogP contribution in [0.25, 0.3) is 0 Å². The van der Waals surface area contributed by atoms with Crippen molar-refractivity contribution in [2.24, 2.45) is 0 Å². The van der Waals surface area contributed by atoms with Gasteiger partial charge in [-0.15, -0.1) is 6.42 Å². The van der Waals surface area contributed by atoms with Crippen LogP contribution in [0.5, 0.6) is 0 Å². The van der Waals surface area contributed by atoms with E-state index in [-0.39, 0.29) is 6.61 Å². The van der Waals surface area contributed by atoms with Gasteiger partial charge in [0.15, 0.2) is 0 Å². The second-order valence-electron chi connectivity index (χ2n) is 4.81. The third-order valence-electron chi connectivity index (χ3n) is 2.93. The summed E-state index contributed by atoms with van der Waals surface area (Å²) >= 11 is 0. The minimum Gasteiger partial charge on any atom is -0.447 e. The number of nitrogens with one attached hydrogen (secondary N) is 1. The lowest BCUT2D eigenvalue weighted by atomic mass is 10.2. The molecule has 0 saturated heterocycles. The van der Waals surface area contributed by atoms with Crippen LogP contribution in [0.3, 0.4) is 0 Å². The van der Waals surface area contributed by atoms with Crippen LogP contribution in [0.15, 0.2) is 24.3 Å². The molecule has 0 radical (unpaired) electrons. The Kier molecular flexibility index (Phi) is 11.9. The zero-order valence-electron chi connectivity index (χ0n) is 14.5. The Labute approximate surface area is 148 Å². The summed E-state index contributed by atoms with van der Waals surface area (Å²) in [6.07, 6.45) is 4.72. The standard InChI is InChI=1S/C18H25NO6/c1-3-16-4-6-17(7-5-16)19-18(20)25-15-14-24-13-12-23-11-10-22-9-8-21-2/h1,4-7H,8-15H2,2H3,(H,19,20). The van der Waals surface area contributed by atoms with E-state index in [1.54, 1.807) is 31.4 Å². The van der Waals surface area contributed by atoms with Crippen molar-refractivity contribution in [3.05, 3.63) is 29.8 Å². The molecule has 0 atom stereocenters. The predicted octanol–water partition coefficient (Wildman–Crippen LogP) is 1.91. The molecule has 0 spiro atoms. The molecule has 0 aromatic heterocycles. The van der Waals surface area contributed by atoms with E-state index in [1.165, 1.54) is 0 Å². The van der Waals surface area contributed by atoms with Crippen molar-refractivity contribution in [1.82, 2.24) is 0 Å². The first kappa shape index (κ1) is 20.9. The number of hydrogen-bond donors (Lipinski definition) is 1. The number of anilines is 1. The number of terminal acetylenes is 1. The maximum absolute atomic E-state index is 11.6. The van der Waals surface area contributed by atoms with Crippen molar-refractivity contribution in [3.8, 4) is 12.3 Å². The third-order valence-corrected chi connectivity index (χ3v) is 2.93. The van der Waals surface area contributed by atoms with Crippen LogP contribution >= 0.6 is 0 Å². The first-order chi connectivity index (χ1) is 12.3. The molecule has 25 heavy (non-hydrogen) atoms. The molecule has 0 unspecified atom stereocenters. The van der Waals surface area contributed by atoms with Gasteiger partial charge in [0, 0.05) is 18.4 Å². The Balaban J connectivity index is 1.92. The van der Waals surface area contributed by atoms with Crippen LogP contribution in [-0.2, 0) is 23.7 Å². The molecule has 0 aliphatic carbocycles. The molecular weight excluding hydrogens is 326 g/mol. The smallest absolute Gasteiger partial charge is 0.411 e.